The van der Waals surface area contributed by atoms with Crippen molar-refractivity contribution >= 4 is 43.7 Å². The fraction of sp³-hybridized carbons (Fsp3) is 0.0169. The van der Waals surface area contributed by atoms with E-state index in [0.29, 0.717) is 5.82 Å². The van der Waals surface area contributed by atoms with Crippen molar-refractivity contribution in [3.63, 3.8) is 0 Å². The van der Waals surface area contributed by atoms with E-state index in [0.717, 1.165) is 83.8 Å². The van der Waals surface area contributed by atoms with Gasteiger partial charge in [-0.2, -0.15) is 0 Å². The van der Waals surface area contributed by atoms with E-state index in [2.05, 4.69) is 168 Å². The van der Waals surface area contributed by atoms with Gasteiger partial charge in [0.15, 0.2) is 5.82 Å². The number of benzene rings is 9. The Labute approximate surface area is 368 Å². The summed E-state index contributed by atoms with van der Waals surface area (Å²) in [6.45, 7) is 0. The molecule has 0 bridgehead atoms. The first kappa shape index (κ1) is 35.1. The van der Waals surface area contributed by atoms with Crippen molar-refractivity contribution in [2.75, 3.05) is 0 Å². The lowest BCUT2D eigenvalue weighted by molar-refractivity contribution is 0.434. The molecule has 0 fully saturated rings. The summed E-state index contributed by atoms with van der Waals surface area (Å²) < 4.78 is 16.0. The molecular formula is C59H35N3O2. The number of furan rings is 1. The average molecular weight is 818 g/mol. The van der Waals surface area contributed by atoms with Gasteiger partial charge in [0.2, 0.25) is 0 Å². The summed E-state index contributed by atoms with van der Waals surface area (Å²) in [4.78, 5) is 10.4. The topological polar surface area (TPSA) is 53.1 Å². The van der Waals surface area contributed by atoms with E-state index in [1.54, 1.807) is 0 Å². The number of para-hydroxylation sites is 4. The molecule has 1 atom stereocenters. The molecular weight excluding hydrogens is 783 g/mol. The molecule has 14 rings (SSSR count). The molecule has 0 saturated heterocycles. The van der Waals surface area contributed by atoms with Crippen LogP contribution >= 0.6 is 0 Å². The number of rotatable bonds is 4. The smallest absolute Gasteiger partial charge is 0.161 e. The van der Waals surface area contributed by atoms with E-state index < -0.39 is 5.41 Å². The summed E-state index contributed by atoms with van der Waals surface area (Å²) in [5.41, 5.74) is 16.1. The third-order valence-electron chi connectivity index (χ3n) is 13.5. The van der Waals surface area contributed by atoms with E-state index in [4.69, 9.17) is 19.1 Å². The lowest BCUT2D eigenvalue weighted by Crippen LogP contribution is -2.37. The van der Waals surface area contributed by atoms with E-state index in [9.17, 15) is 0 Å². The Morgan fingerprint density at radius 3 is 1.88 bits per heavy atom. The van der Waals surface area contributed by atoms with Crippen molar-refractivity contribution in [3.05, 3.63) is 235 Å². The van der Waals surface area contributed by atoms with Crippen LogP contribution in [0.3, 0.4) is 0 Å². The number of hydrogen-bond donors (Lipinski definition) is 0. The Balaban J connectivity index is 0.969. The molecule has 5 nitrogen and oxygen atoms in total. The maximum atomic E-state index is 7.00. The molecule has 0 amide bonds. The van der Waals surface area contributed by atoms with Crippen LogP contribution in [0, 0.1) is 0 Å². The van der Waals surface area contributed by atoms with Crippen molar-refractivity contribution < 1.29 is 9.15 Å². The molecule has 12 aromatic rings. The number of aromatic nitrogens is 3. The molecule has 0 N–H and O–H groups in total. The average Bonchev–Trinajstić information content (AvgIpc) is 3.92. The predicted molar refractivity (Wildman–Crippen MR) is 257 cm³/mol. The molecule has 9 aromatic carbocycles. The largest absolute Gasteiger partial charge is 0.457 e. The van der Waals surface area contributed by atoms with Gasteiger partial charge in [0.1, 0.15) is 22.7 Å². The third kappa shape index (κ3) is 4.83. The van der Waals surface area contributed by atoms with Gasteiger partial charge in [-0.15, -0.1) is 0 Å². The van der Waals surface area contributed by atoms with Crippen LogP contribution < -0.4 is 4.74 Å². The fourth-order valence-electron chi connectivity index (χ4n) is 10.8. The molecule has 298 valence electrons. The van der Waals surface area contributed by atoms with Gasteiger partial charge in [-0.25, -0.2) is 9.97 Å². The van der Waals surface area contributed by atoms with Crippen LogP contribution in [0.15, 0.2) is 217 Å². The summed E-state index contributed by atoms with van der Waals surface area (Å²) in [7, 11) is 0. The summed E-state index contributed by atoms with van der Waals surface area (Å²) in [6.07, 6.45) is 0. The monoisotopic (exact) mass is 817 g/mol. The Kier molecular flexibility index (Phi) is 7.26. The number of fused-ring (bicyclic) bond motifs is 14. The first-order valence-electron chi connectivity index (χ1n) is 21.7. The molecule has 0 radical (unpaired) electrons. The highest BCUT2D eigenvalue weighted by molar-refractivity contribution is 6.14. The fourth-order valence-corrected chi connectivity index (χ4v) is 10.8. The van der Waals surface area contributed by atoms with Gasteiger partial charge < -0.3 is 13.7 Å². The molecule has 2 aliphatic rings. The van der Waals surface area contributed by atoms with Gasteiger partial charge in [-0.1, -0.05) is 164 Å². The van der Waals surface area contributed by atoms with Gasteiger partial charge in [0, 0.05) is 49.4 Å². The van der Waals surface area contributed by atoms with E-state index in [1.807, 2.05) is 48.5 Å². The Hall–Kier alpha value is -8.54. The zero-order valence-electron chi connectivity index (χ0n) is 34.4. The second-order valence-corrected chi connectivity index (χ2v) is 16.8. The Morgan fingerprint density at radius 1 is 0.406 bits per heavy atom. The second-order valence-electron chi connectivity index (χ2n) is 16.8. The normalized spacial score (nSPS) is 14.8. The molecule has 2 aliphatic heterocycles. The highest BCUT2D eigenvalue weighted by Crippen LogP contribution is 2.60. The van der Waals surface area contributed by atoms with Crippen LogP contribution in [0.1, 0.15) is 22.3 Å². The minimum absolute atomic E-state index is 0.629. The zero-order valence-corrected chi connectivity index (χ0v) is 34.4. The summed E-state index contributed by atoms with van der Waals surface area (Å²) in [5, 5.41) is 4.48. The quantitative estimate of drug-likeness (QED) is 0.178. The molecule has 64 heavy (non-hydrogen) atoms. The van der Waals surface area contributed by atoms with E-state index >= 15 is 0 Å². The minimum Gasteiger partial charge on any atom is -0.457 e. The number of hydrogen-bond acceptors (Lipinski definition) is 4. The summed E-state index contributed by atoms with van der Waals surface area (Å²) in [6, 6.07) is 75.2. The molecule has 0 saturated carbocycles. The maximum Gasteiger partial charge on any atom is 0.161 e. The summed E-state index contributed by atoms with van der Waals surface area (Å²) in [5.74, 6) is 2.34. The number of ether oxygens (including phenoxy) is 1. The van der Waals surface area contributed by atoms with Gasteiger partial charge in [-0.3, -0.25) is 0 Å². The molecule has 5 heterocycles. The van der Waals surface area contributed by atoms with Gasteiger partial charge in [0.25, 0.3) is 0 Å². The van der Waals surface area contributed by atoms with Crippen LogP contribution in [0.4, 0.5) is 0 Å². The molecule has 1 unspecified atom stereocenters. The second kappa shape index (κ2) is 13.2. The van der Waals surface area contributed by atoms with Crippen LogP contribution in [-0.2, 0) is 5.41 Å². The van der Waals surface area contributed by atoms with Gasteiger partial charge >= 0.3 is 0 Å². The first-order chi connectivity index (χ1) is 31.7. The maximum absolute atomic E-state index is 7.00. The SMILES string of the molecule is c1ccc(-c2cc(-c3ccccc3)nc(-c3cccc4oc5ccc(-c6ccc7c(c6)Oc6ccccc6C76c7ccccc7-n7c8ccccc8c8cccc6c87)cc5c34)n2)cc1. The summed E-state index contributed by atoms with van der Waals surface area (Å²) >= 11 is 0. The predicted octanol–water partition coefficient (Wildman–Crippen LogP) is 14.9. The van der Waals surface area contributed by atoms with E-state index in [1.165, 1.54) is 38.6 Å². The Morgan fingerprint density at radius 2 is 1.05 bits per heavy atom. The molecule has 0 aliphatic carbocycles. The van der Waals surface area contributed by atoms with Gasteiger partial charge in [-0.05, 0) is 70.8 Å². The zero-order chi connectivity index (χ0) is 41.9. The highest BCUT2D eigenvalue weighted by Gasteiger charge is 2.50. The Bertz CT molecular complexity index is 3830. The first-order valence-corrected chi connectivity index (χ1v) is 21.7. The van der Waals surface area contributed by atoms with Crippen LogP contribution in [0.25, 0.3) is 94.5 Å². The standard InChI is InChI=1S/C59H35N3O2/c1-3-15-36(16-4-1)48-35-49(37-17-5-2-6-18-37)61-58(60-48)42-21-14-28-54-56(42)43-33-38(30-32-52(43)63-54)39-29-31-46-55(34-39)64-53-27-12-9-23-45(53)59(46)44-22-8-11-26-51(44)62-50-25-10-7-19-40(50)41-20-13-24-47(59)57(41)62/h1-35H. The van der Waals surface area contributed by atoms with E-state index in [-0.39, 0.29) is 0 Å². The minimum atomic E-state index is -0.629. The van der Waals surface area contributed by atoms with Crippen molar-refractivity contribution in [1.29, 1.82) is 0 Å². The van der Waals surface area contributed by atoms with Crippen molar-refractivity contribution in [2.24, 2.45) is 0 Å². The van der Waals surface area contributed by atoms with Crippen LogP contribution in [0.5, 0.6) is 11.5 Å². The molecule has 3 aromatic heterocycles. The highest BCUT2D eigenvalue weighted by atomic mass is 16.5. The van der Waals surface area contributed by atoms with Crippen molar-refractivity contribution in [1.82, 2.24) is 14.5 Å². The molecule has 5 heteroatoms. The van der Waals surface area contributed by atoms with Gasteiger partial charge in [0.05, 0.1) is 33.5 Å². The lowest BCUT2D eigenvalue weighted by Gasteiger charge is -2.45. The van der Waals surface area contributed by atoms with Crippen molar-refractivity contribution in [3.8, 4) is 62.2 Å². The van der Waals surface area contributed by atoms with Crippen molar-refractivity contribution in [2.45, 2.75) is 5.41 Å². The van der Waals surface area contributed by atoms with Crippen LogP contribution in [0.2, 0.25) is 0 Å². The van der Waals surface area contributed by atoms with Crippen LogP contribution in [-0.4, -0.2) is 14.5 Å². The lowest BCUT2D eigenvalue weighted by atomic mass is 9.61. The third-order valence-corrected chi connectivity index (χ3v) is 13.5. The number of nitrogens with zero attached hydrogens (tertiary/aromatic N) is 3. The molecule has 1 spiro atoms.